The first kappa shape index (κ1) is 16.7. The smallest absolute Gasteiger partial charge is 0.326 e. The van der Waals surface area contributed by atoms with Crippen LogP contribution in [0.4, 0.5) is 5.69 Å². The number of fused-ring (bicyclic) bond motifs is 1. The summed E-state index contributed by atoms with van der Waals surface area (Å²) in [5.74, 6) is -0.647. The van der Waals surface area contributed by atoms with Crippen LogP contribution in [0.25, 0.3) is 0 Å². The third-order valence-corrected chi connectivity index (χ3v) is 3.46. The molecule has 0 bridgehead atoms. The molecule has 0 spiro atoms. The highest BCUT2D eigenvalue weighted by molar-refractivity contribution is 6.31. The fourth-order valence-corrected chi connectivity index (χ4v) is 2.31. The molecule has 9 nitrogen and oxygen atoms in total. The van der Waals surface area contributed by atoms with E-state index in [4.69, 9.17) is 16.3 Å². The van der Waals surface area contributed by atoms with E-state index in [1.807, 2.05) is 25.7 Å². The van der Waals surface area contributed by atoms with E-state index < -0.39 is 10.8 Å². The number of hydrogen-bond donors (Lipinski definition) is 0. The van der Waals surface area contributed by atoms with Crippen molar-refractivity contribution in [2.75, 3.05) is 19.7 Å². The quantitative estimate of drug-likeness (QED) is 0.356. The number of ether oxygens (including phenoxy) is 2. The molecule has 22 heavy (non-hydrogen) atoms. The Balaban J connectivity index is 0.000000217. The van der Waals surface area contributed by atoms with Crippen molar-refractivity contribution in [2.45, 2.75) is 32.2 Å². The molecule has 2 atom stereocenters. The van der Waals surface area contributed by atoms with Gasteiger partial charge in [-0.3, -0.25) is 14.9 Å². The number of halogens is 1. The standard InChI is InChI=1S/C7H7ClN4O3.C5H10O2/c8-6-5(12(13)14)3-9-11(6)7-4-10(7)1-2-15-7;1-5(2,3)7-4-6/h3H,1-2,4H2;4H,1-3H3. The number of rotatable bonds is 3. The Labute approximate surface area is 131 Å². The zero-order valence-electron chi connectivity index (χ0n) is 12.5. The van der Waals surface area contributed by atoms with E-state index in [1.165, 1.54) is 4.68 Å². The van der Waals surface area contributed by atoms with Gasteiger partial charge in [0, 0.05) is 6.54 Å². The number of carbonyl (C=O) groups is 1. The lowest BCUT2D eigenvalue weighted by Gasteiger charge is -2.14. The number of nitro groups is 1. The van der Waals surface area contributed by atoms with Crippen molar-refractivity contribution in [1.29, 1.82) is 0 Å². The molecule has 2 aliphatic rings. The predicted molar refractivity (Wildman–Crippen MR) is 76.3 cm³/mol. The van der Waals surface area contributed by atoms with Gasteiger partial charge in [-0.1, -0.05) is 11.6 Å². The average molecular weight is 333 g/mol. The molecule has 122 valence electrons. The highest BCUT2D eigenvalue weighted by Gasteiger charge is 2.61. The van der Waals surface area contributed by atoms with Gasteiger partial charge in [0.1, 0.15) is 11.8 Å². The summed E-state index contributed by atoms with van der Waals surface area (Å²) in [4.78, 5) is 21.6. The van der Waals surface area contributed by atoms with Gasteiger partial charge in [0.25, 0.3) is 6.47 Å². The third kappa shape index (κ3) is 3.21. The van der Waals surface area contributed by atoms with Crippen LogP contribution in [-0.4, -0.2) is 51.4 Å². The Morgan fingerprint density at radius 2 is 2.27 bits per heavy atom. The molecule has 0 saturated carbocycles. The Kier molecular flexibility index (Phi) is 4.41. The molecule has 1 aromatic rings. The first-order valence-corrected chi connectivity index (χ1v) is 6.98. The van der Waals surface area contributed by atoms with Crippen LogP contribution >= 0.6 is 11.6 Å². The van der Waals surface area contributed by atoms with E-state index in [9.17, 15) is 14.9 Å². The van der Waals surface area contributed by atoms with E-state index in [-0.39, 0.29) is 16.4 Å². The zero-order chi connectivity index (χ0) is 16.5. The summed E-state index contributed by atoms with van der Waals surface area (Å²) in [6, 6.07) is 0. The first-order chi connectivity index (χ1) is 10.2. The van der Waals surface area contributed by atoms with E-state index in [0.717, 1.165) is 12.7 Å². The molecule has 0 radical (unpaired) electrons. The summed E-state index contributed by atoms with van der Waals surface area (Å²) in [6.07, 6.45) is 1.15. The molecule has 3 heterocycles. The monoisotopic (exact) mass is 332 g/mol. The van der Waals surface area contributed by atoms with E-state index >= 15 is 0 Å². The second-order valence-electron chi connectivity index (χ2n) is 5.83. The van der Waals surface area contributed by atoms with Gasteiger partial charge in [0.05, 0.1) is 18.1 Å². The van der Waals surface area contributed by atoms with Gasteiger partial charge < -0.3 is 9.47 Å². The van der Waals surface area contributed by atoms with E-state index in [1.54, 1.807) is 0 Å². The number of carbonyl (C=O) groups excluding carboxylic acids is 1. The second-order valence-corrected chi connectivity index (χ2v) is 6.19. The number of hydrogen-bond acceptors (Lipinski definition) is 7. The molecule has 2 saturated heterocycles. The molecule has 2 aliphatic heterocycles. The van der Waals surface area contributed by atoms with Crippen LogP contribution in [0, 0.1) is 10.1 Å². The Hall–Kier alpha value is -1.71. The molecular weight excluding hydrogens is 316 g/mol. The van der Waals surface area contributed by atoms with Crippen LogP contribution in [0.3, 0.4) is 0 Å². The van der Waals surface area contributed by atoms with Gasteiger partial charge in [-0.2, -0.15) is 9.78 Å². The zero-order valence-corrected chi connectivity index (χ0v) is 13.2. The van der Waals surface area contributed by atoms with E-state index in [0.29, 0.717) is 19.6 Å². The molecule has 3 rings (SSSR count). The summed E-state index contributed by atoms with van der Waals surface area (Å²) in [5, 5.41) is 14.5. The SMILES string of the molecule is CC(C)(C)OC=O.O=[N+]([O-])c1cnn(C23CN2CCO3)c1Cl. The van der Waals surface area contributed by atoms with Crippen molar-refractivity contribution in [2.24, 2.45) is 0 Å². The maximum absolute atomic E-state index is 10.6. The van der Waals surface area contributed by atoms with Crippen molar-refractivity contribution in [3.05, 3.63) is 21.5 Å². The van der Waals surface area contributed by atoms with Crippen molar-refractivity contribution in [3.8, 4) is 0 Å². The number of nitrogens with zero attached hydrogens (tertiary/aromatic N) is 4. The lowest BCUT2D eigenvalue weighted by molar-refractivity contribution is -0.384. The van der Waals surface area contributed by atoms with Crippen molar-refractivity contribution < 1.29 is 19.2 Å². The predicted octanol–water partition coefficient (Wildman–Crippen LogP) is 1.36. The first-order valence-electron chi connectivity index (χ1n) is 6.60. The molecule has 0 aliphatic carbocycles. The molecule has 1 aromatic heterocycles. The molecule has 0 aromatic carbocycles. The summed E-state index contributed by atoms with van der Waals surface area (Å²) in [5.41, 5.74) is -0.504. The largest absolute Gasteiger partial charge is 0.462 e. The molecule has 2 unspecified atom stereocenters. The maximum Gasteiger partial charge on any atom is 0.326 e. The fraction of sp³-hybridized carbons (Fsp3) is 0.667. The highest BCUT2D eigenvalue weighted by Crippen LogP contribution is 2.45. The van der Waals surface area contributed by atoms with Gasteiger partial charge in [-0.15, -0.1) is 0 Å². The van der Waals surface area contributed by atoms with Crippen molar-refractivity contribution in [3.63, 3.8) is 0 Å². The lowest BCUT2D eigenvalue weighted by Crippen LogP contribution is -2.23. The second kappa shape index (κ2) is 5.82. The molecule has 0 amide bonds. The van der Waals surface area contributed by atoms with Gasteiger partial charge in [0.2, 0.25) is 11.0 Å². The molecule has 0 N–H and O–H groups in total. The van der Waals surface area contributed by atoms with Crippen LogP contribution in [0.2, 0.25) is 5.15 Å². The fourth-order valence-electron chi connectivity index (χ4n) is 2.02. The third-order valence-electron chi connectivity index (χ3n) is 3.10. The average Bonchev–Trinajstić information content (AvgIpc) is 2.77. The minimum atomic E-state index is -0.647. The summed E-state index contributed by atoms with van der Waals surface area (Å²) in [6.45, 7) is 8.02. The van der Waals surface area contributed by atoms with Crippen LogP contribution in [0.15, 0.2) is 6.20 Å². The summed E-state index contributed by atoms with van der Waals surface area (Å²) in [7, 11) is 0. The Morgan fingerprint density at radius 1 is 1.59 bits per heavy atom. The topological polar surface area (TPSA) is 99.5 Å². The minimum Gasteiger partial charge on any atom is -0.462 e. The normalized spacial score (nSPS) is 25.7. The number of morpholine rings is 1. The lowest BCUT2D eigenvalue weighted by atomic mass is 10.2. The van der Waals surface area contributed by atoms with Gasteiger partial charge in [-0.25, -0.2) is 4.90 Å². The Morgan fingerprint density at radius 3 is 2.59 bits per heavy atom. The summed E-state index contributed by atoms with van der Waals surface area (Å²) >= 11 is 5.87. The van der Waals surface area contributed by atoms with Crippen LogP contribution in [0.1, 0.15) is 20.8 Å². The molecule has 2 fully saturated rings. The molecular formula is C12H17ClN4O5. The molecule has 10 heteroatoms. The van der Waals surface area contributed by atoms with Crippen molar-refractivity contribution >= 4 is 23.8 Å². The number of aromatic nitrogens is 2. The van der Waals surface area contributed by atoms with Crippen LogP contribution in [-0.2, 0) is 20.1 Å². The van der Waals surface area contributed by atoms with Crippen LogP contribution in [0.5, 0.6) is 0 Å². The minimum absolute atomic E-state index is 0.0180. The highest BCUT2D eigenvalue weighted by atomic mass is 35.5. The Bertz CT molecular complexity index is 585. The maximum atomic E-state index is 10.6. The van der Waals surface area contributed by atoms with Gasteiger partial charge >= 0.3 is 5.69 Å². The van der Waals surface area contributed by atoms with E-state index in [2.05, 4.69) is 9.84 Å². The van der Waals surface area contributed by atoms with Gasteiger partial charge in [-0.05, 0) is 20.8 Å². The van der Waals surface area contributed by atoms with Crippen LogP contribution < -0.4 is 0 Å². The summed E-state index contributed by atoms with van der Waals surface area (Å²) < 4.78 is 11.4. The van der Waals surface area contributed by atoms with Gasteiger partial charge in [0.15, 0.2) is 0 Å². The van der Waals surface area contributed by atoms with Crippen molar-refractivity contribution in [1.82, 2.24) is 14.7 Å².